The lowest BCUT2D eigenvalue weighted by molar-refractivity contribution is 0.00447. The lowest BCUT2D eigenvalue weighted by Gasteiger charge is -2.31. The van der Waals surface area contributed by atoms with Crippen molar-refractivity contribution < 1.29 is 22.6 Å². The number of nitrogens with zero attached hydrogens (tertiary/aromatic N) is 1. The Morgan fingerprint density at radius 2 is 2.14 bits per heavy atom. The van der Waals surface area contributed by atoms with Crippen LogP contribution >= 0.6 is 0 Å². The molecule has 0 amide bonds. The third-order valence-electron chi connectivity index (χ3n) is 3.35. The molecule has 21 heavy (non-hydrogen) atoms. The van der Waals surface area contributed by atoms with Gasteiger partial charge in [-0.15, -0.1) is 0 Å². The summed E-state index contributed by atoms with van der Waals surface area (Å²) in [6, 6.07) is 4.69. The number of sulfonamides is 1. The highest BCUT2D eigenvalue weighted by Gasteiger charge is 2.32. The van der Waals surface area contributed by atoms with E-state index in [9.17, 15) is 8.42 Å². The Kier molecular flexibility index (Phi) is 5.04. The molecule has 1 heterocycles. The third-order valence-corrected chi connectivity index (χ3v) is 5.24. The molecule has 0 radical (unpaired) electrons. The number of hydrogen-bond donors (Lipinski definition) is 1. The molecule has 1 aromatic carbocycles. The van der Waals surface area contributed by atoms with Crippen LogP contribution in [0.2, 0.25) is 0 Å². The van der Waals surface area contributed by atoms with Crippen LogP contribution in [0, 0.1) is 0 Å². The van der Waals surface area contributed by atoms with Crippen LogP contribution in [0.25, 0.3) is 0 Å². The maximum absolute atomic E-state index is 12.8. The minimum Gasteiger partial charge on any atom is -0.497 e. The maximum Gasteiger partial charge on any atom is 0.247 e. The smallest absolute Gasteiger partial charge is 0.247 e. The van der Waals surface area contributed by atoms with Crippen LogP contribution in [0.15, 0.2) is 23.1 Å². The van der Waals surface area contributed by atoms with Crippen molar-refractivity contribution in [2.45, 2.75) is 11.0 Å². The molecule has 8 heteroatoms. The van der Waals surface area contributed by atoms with Crippen molar-refractivity contribution in [1.29, 1.82) is 0 Å². The fourth-order valence-corrected chi connectivity index (χ4v) is 3.80. The summed E-state index contributed by atoms with van der Waals surface area (Å²) in [7, 11) is -0.771. The van der Waals surface area contributed by atoms with Gasteiger partial charge in [0.15, 0.2) is 0 Å². The summed E-state index contributed by atoms with van der Waals surface area (Å²) in [6.07, 6.45) is -0.287. The van der Waals surface area contributed by atoms with Crippen molar-refractivity contribution in [3.63, 3.8) is 0 Å². The van der Waals surface area contributed by atoms with Gasteiger partial charge >= 0.3 is 0 Å². The predicted molar refractivity (Wildman–Crippen MR) is 77.1 cm³/mol. The van der Waals surface area contributed by atoms with Gasteiger partial charge in [0.25, 0.3) is 0 Å². The molecule has 1 atom stereocenters. The Hall–Kier alpha value is -1.35. The molecule has 0 bridgehead atoms. The number of hydrogen-bond acceptors (Lipinski definition) is 6. The van der Waals surface area contributed by atoms with Gasteiger partial charge in [-0.1, -0.05) is 0 Å². The molecular formula is C13H20N2O5S. The molecule has 2 N–H and O–H groups in total. The van der Waals surface area contributed by atoms with Gasteiger partial charge in [0.05, 0.1) is 26.9 Å². The lowest BCUT2D eigenvalue weighted by Crippen LogP contribution is -2.48. The second kappa shape index (κ2) is 6.61. The number of benzene rings is 1. The monoisotopic (exact) mass is 316 g/mol. The van der Waals surface area contributed by atoms with E-state index in [1.54, 1.807) is 12.1 Å². The molecule has 1 unspecified atom stereocenters. The van der Waals surface area contributed by atoms with Crippen LogP contribution in [0.1, 0.15) is 0 Å². The zero-order valence-electron chi connectivity index (χ0n) is 12.1. The SMILES string of the molecule is COc1ccc(OC)c(S(=O)(=O)N2CCOC(CN)C2)c1. The Balaban J connectivity index is 2.38. The Bertz CT molecular complexity index is 590. The van der Waals surface area contributed by atoms with Crippen molar-refractivity contribution in [3.05, 3.63) is 18.2 Å². The van der Waals surface area contributed by atoms with Crippen molar-refractivity contribution in [2.24, 2.45) is 5.73 Å². The van der Waals surface area contributed by atoms with Crippen LogP contribution in [0.3, 0.4) is 0 Å². The maximum atomic E-state index is 12.8. The van der Waals surface area contributed by atoms with Crippen molar-refractivity contribution in [2.75, 3.05) is 40.5 Å². The summed E-state index contributed by atoms with van der Waals surface area (Å²) in [5.41, 5.74) is 5.56. The summed E-state index contributed by atoms with van der Waals surface area (Å²) >= 11 is 0. The Morgan fingerprint density at radius 1 is 1.38 bits per heavy atom. The molecule has 0 aliphatic carbocycles. The summed E-state index contributed by atoms with van der Waals surface area (Å²) < 4.78 is 42.6. The van der Waals surface area contributed by atoms with Crippen molar-refractivity contribution in [3.8, 4) is 11.5 Å². The zero-order valence-corrected chi connectivity index (χ0v) is 12.9. The predicted octanol–water partition coefficient (Wildman–Crippen LogP) is 0.0520. The highest BCUT2D eigenvalue weighted by Crippen LogP contribution is 2.31. The van der Waals surface area contributed by atoms with Gasteiger partial charge < -0.3 is 19.9 Å². The molecule has 0 saturated carbocycles. The fourth-order valence-electron chi connectivity index (χ4n) is 2.18. The molecule has 0 aromatic heterocycles. The van der Waals surface area contributed by atoms with Gasteiger partial charge in [-0.3, -0.25) is 0 Å². The van der Waals surface area contributed by atoms with Crippen molar-refractivity contribution >= 4 is 10.0 Å². The highest BCUT2D eigenvalue weighted by atomic mass is 32.2. The minimum atomic E-state index is -3.69. The summed E-state index contributed by atoms with van der Waals surface area (Å²) in [5, 5.41) is 0. The summed E-state index contributed by atoms with van der Waals surface area (Å²) in [5.74, 6) is 0.740. The lowest BCUT2D eigenvalue weighted by atomic mass is 10.3. The van der Waals surface area contributed by atoms with Gasteiger partial charge in [-0.2, -0.15) is 4.31 Å². The van der Waals surface area contributed by atoms with E-state index in [2.05, 4.69) is 0 Å². The molecule has 7 nitrogen and oxygen atoms in total. The molecule has 1 fully saturated rings. The van der Waals surface area contributed by atoms with E-state index in [0.29, 0.717) is 18.9 Å². The fraction of sp³-hybridized carbons (Fsp3) is 0.538. The second-order valence-electron chi connectivity index (χ2n) is 4.61. The largest absolute Gasteiger partial charge is 0.497 e. The summed E-state index contributed by atoms with van der Waals surface area (Å²) in [4.78, 5) is 0.0852. The second-order valence-corrected chi connectivity index (χ2v) is 6.51. The van der Waals surface area contributed by atoms with E-state index < -0.39 is 10.0 Å². The zero-order chi connectivity index (χ0) is 15.5. The molecule has 0 spiro atoms. The first-order valence-corrected chi connectivity index (χ1v) is 8.00. The Morgan fingerprint density at radius 3 is 2.76 bits per heavy atom. The van der Waals surface area contributed by atoms with E-state index in [4.69, 9.17) is 19.9 Å². The normalized spacial score (nSPS) is 20.2. The van der Waals surface area contributed by atoms with Gasteiger partial charge in [-0.05, 0) is 12.1 Å². The quantitative estimate of drug-likeness (QED) is 0.825. The van der Waals surface area contributed by atoms with E-state index in [1.807, 2.05) is 0 Å². The van der Waals surface area contributed by atoms with E-state index in [0.717, 1.165) is 0 Å². The van der Waals surface area contributed by atoms with Crippen LogP contribution < -0.4 is 15.2 Å². The number of nitrogens with two attached hydrogens (primary N) is 1. The summed E-state index contributed by atoms with van der Waals surface area (Å²) in [6.45, 7) is 1.13. The molecule has 1 saturated heterocycles. The minimum absolute atomic E-state index is 0.0852. The first-order valence-electron chi connectivity index (χ1n) is 6.56. The van der Waals surface area contributed by atoms with Crippen LogP contribution in [-0.4, -0.2) is 59.3 Å². The van der Waals surface area contributed by atoms with Crippen LogP contribution in [0.4, 0.5) is 0 Å². The first kappa shape index (κ1) is 16.0. The molecule has 118 valence electrons. The highest BCUT2D eigenvalue weighted by molar-refractivity contribution is 7.89. The number of rotatable bonds is 5. The molecule has 2 rings (SSSR count). The number of methoxy groups -OCH3 is 2. The average molecular weight is 316 g/mol. The third kappa shape index (κ3) is 3.29. The number of ether oxygens (including phenoxy) is 3. The molecular weight excluding hydrogens is 296 g/mol. The van der Waals surface area contributed by atoms with Crippen LogP contribution in [-0.2, 0) is 14.8 Å². The van der Waals surface area contributed by atoms with Gasteiger partial charge in [-0.25, -0.2) is 8.42 Å². The van der Waals surface area contributed by atoms with Crippen LogP contribution in [0.5, 0.6) is 11.5 Å². The van der Waals surface area contributed by atoms with E-state index in [-0.39, 0.29) is 29.8 Å². The molecule has 1 aliphatic heterocycles. The van der Waals surface area contributed by atoms with Gasteiger partial charge in [0.1, 0.15) is 16.4 Å². The topological polar surface area (TPSA) is 91.1 Å². The average Bonchev–Trinajstić information content (AvgIpc) is 2.54. The first-order chi connectivity index (χ1) is 10.0. The molecule has 1 aliphatic rings. The van der Waals surface area contributed by atoms with Gasteiger partial charge in [0.2, 0.25) is 10.0 Å². The number of morpholine rings is 1. The molecule has 1 aromatic rings. The van der Waals surface area contributed by atoms with Gasteiger partial charge in [0, 0.05) is 25.7 Å². The van der Waals surface area contributed by atoms with E-state index >= 15 is 0 Å². The standard InChI is InChI=1S/C13H20N2O5S/c1-18-10-3-4-12(19-2)13(7-10)21(16,17)15-5-6-20-11(8-14)9-15/h3-4,7,11H,5-6,8-9,14H2,1-2H3. The van der Waals surface area contributed by atoms with E-state index in [1.165, 1.54) is 24.6 Å². The Labute approximate surface area is 124 Å². The van der Waals surface area contributed by atoms with Crippen molar-refractivity contribution in [1.82, 2.24) is 4.31 Å².